The molecule has 1 aromatic carbocycles. The fourth-order valence-corrected chi connectivity index (χ4v) is 3.29. The van der Waals surface area contributed by atoms with Crippen molar-refractivity contribution in [2.45, 2.75) is 6.04 Å². The summed E-state index contributed by atoms with van der Waals surface area (Å²) in [5.41, 5.74) is 1.61. The van der Waals surface area contributed by atoms with Gasteiger partial charge in [0.2, 0.25) is 5.91 Å². The molecule has 3 rings (SSSR count). The smallest absolute Gasteiger partial charge is 0.244 e. The highest BCUT2D eigenvalue weighted by atomic mass is 16.2. The molecule has 134 valence electrons. The van der Waals surface area contributed by atoms with Crippen molar-refractivity contribution in [2.24, 2.45) is 0 Å². The van der Waals surface area contributed by atoms with Gasteiger partial charge in [-0.1, -0.05) is 30.3 Å². The molecular formula is C20H23N5O. The molecule has 0 radical (unpaired) electrons. The first kappa shape index (κ1) is 17.9. The van der Waals surface area contributed by atoms with E-state index in [2.05, 4.69) is 16.0 Å². The van der Waals surface area contributed by atoms with Crippen LogP contribution in [0.1, 0.15) is 17.2 Å². The third kappa shape index (κ3) is 3.84. The average molecular weight is 349 g/mol. The molecule has 0 spiro atoms. The molecule has 0 N–H and O–H groups in total. The first-order valence-electron chi connectivity index (χ1n) is 8.71. The fraction of sp³-hybridized carbons (Fsp3) is 0.350. The van der Waals surface area contributed by atoms with E-state index in [1.54, 1.807) is 18.3 Å². The second-order valence-corrected chi connectivity index (χ2v) is 6.60. The van der Waals surface area contributed by atoms with Crippen LogP contribution in [0.3, 0.4) is 0 Å². The summed E-state index contributed by atoms with van der Waals surface area (Å²) in [5, 5.41) is 9.04. The van der Waals surface area contributed by atoms with Gasteiger partial charge in [0.15, 0.2) is 0 Å². The Kier molecular flexibility index (Phi) is 5.49. The summed E-state index contributed by atoms with van der Waals surface area (Å²) in [5.74, 6) is 0.919. The SMILES string of the molecule is CN(C)[C@H](C(=O)N1CCN(c2cc(C#N)ccn2)CC1)c1ccccc1. The molecular weight excluding hydrogens is 326 g/mol. The van der Waals surface area contributed by atoms with Crippen LogP contribution in [0.5, 0.6) is 0 Å². The van der Waals surface area contributed by atoms with Crippen LogP contribution in [-0.4, -0.2) is 61.0 Å². The molecule has 1 aliphatic heterocycles. The van der Waals surface area contributed by atoms with Gasteiger partial charge in [0.25, 0.3) is 0 Å². The summed E-state index contributed by atoms with van der Waals surface area (Å²) in [4.78, 5) is 23.4. The van der Waals surface area contributed by atoms with E-state index < -0.39 is 0 Å². The van der Waals surface area contributed by atoms with Crippen molar-refractivity contribution in [2.75, 3.05) is 45.2 Å². The quantitative estimate of drug-likeness (QED) is 0.844. The second-order valence-electron chi connectivity index (χ2n) is 6.60. The number of aromatic nitrogens is 1. The van der Waals surface area contributed by atoms with E-state index in [1.807, 2.05) is 54.2 Å². The van der Waals surface area contributed by atoms with E-state index in [9.17, 15) is 4.79 Å². The molecule has 1 atom stereocenters. The summed E-state index contributed by atoms with van der Waals surface area (Å²) < 4.78 is 0. The normalized spacial score (nSPS) is 15.6. The van der Waals surface area contributed by atoms with Crippen LogP contribution in [0.4, 0.5) is 5.82 Å². The molecule has 1 saturated heterocycles. The van der Waals surface area contributed by atoms with Crippen molar-refractivity contribution in [3.63, 3.8) is 0 Å². The lowest BCUT2D eigenvalue weighted by Gasteiger charge is -2.38. The number of hydrogen-bond acceptors (Lipinski definition) is 5. The van der Waals surface area contributed by atoms with Crippen LogP contribution in [0.15, 0.2) is 48.7 Å². The van der Waals surface area contributed by atoms with Gasteiger partial charge in [-0.15, -0.1) is 0 Å². The number of nitrogens with zero attached hydrogens (tertiary/aromatic N) is 5. The molecule has 0 saturated carbocycles. The Balaban J connectivity index is 1.68. The minimum absolute atomic E-state index is 0.125. The predicted octanol–water partition coefficient (Wildman–Crippen LogP) is 1.90. The van der Waals surface area contributed by atoms with Crippen molar-refractivity contribution >= 4 is 11.7 Å². The largest absolute Gasteiger partial charge is 0.353 e. The van der Waals surface area contributed by atoms with Gasteiger partial charge in [0, 0.05) is 32.4 Å². The molecule has 1 aromatic heterocycles. The minimum atomic E-state index is -0.275. The van der Waals surface area contributed by atoms with Crippen molar-refractivity contribution < 1.29 is 4.79 Å². The van der Waals surface area contributed by atoms with Crippen molar-refractivity contribution in [3.05, 3.63) is 59.8 Å². The number of nitriles is 1. The third-order valence-electron chi connectivity index (χ3n) is 4.66. The van der Waals surface area contributed by atoms with E-state index in [0.717, 1.165) is 11.4 Å². The highest BCUT2D eigenvalue weighted by Crippen LogP contribution is 2.22. The van der Waals surface area contributed by atoms with Gasteiger partial charge in [-0.3, -0.25) is 9.69 Å². The standard InChI is InChI=1S/C20H23N5O/c1-23(2)19(17-6-4-3-5-7-17)20(26)25-12-10-24(11-13-25)18-14-16(15-21)8-9-22-18/h3-9,14,19H,10-13H2,1-2H3/t19-/m0/s1. The Morgan fingerprint density at radius 1 is 1.15 bits per heavy atom. The van der Waals surface area contributed by atoms with E-state index >= 15 is 0 Å². The van der Waals surface area contributed by atoms with Crippen LogP contribution in [0.25, 0.3) is 0 Å². The number of carbonyl (C=O) groups is 1. The third-order valence-corrected chi connectivity index (χ3v) is 4.66. The number of rotatable bonds is 4. The number of likely N-dealkylation sites (N-methyl/N-ethyl adjacent to an activating group) is 1. The predicted molar refractivity (Wildman–Crippen MR) is 101 cm³/mol. The van der Waals surface area contributed by atoms with Crippen LogP contribution >= 0.6 is 0 Å². The zero-order chi connectivity index (χ0) is 18.5. The minimum Gasteiger partial charge on any atom is -0.353 e. The summed E-state index contributed by atoms with van der Waals surface area (Å²) >= 11 is 0. The van der Waals surface area contributed by atoms with Gasteiger partial charge in [0.1, 0.15) is 11.9 Å². The maximum absolute atomic E-state index is 13.1. The van der Waals surface area contributed by atoms with E-state index in [1.165, 1.54) is 0 Å². The molecule has 26 heavy (non-hydrogen) atoms. The highest BCUT2D eigenvalue weighted by molar-refractivity contribution is 5.83. The number of carbonyl (C=O) groups excluding carboxylic acids is 1. The van der Waals surface area contributed by atoms with Crippen LogP contribution < -0.4 is 4.90 Å². The zero-order valence-electron chi connectivity index (χ0n) is 15.2. The monoisotopic (exact) mass is 349 g/mol. The number of piperazine rings is 1. The topological polar surface area (TPSA) is 63.5 Å². The highest BCUT2D eigenvalue weighted by Gasteiger charge is 2.30. The van der Waals surface area contributed by atoms with Crippen LogP contribution in [0.2, 0.25) is 0 Å². The van der Waals surface area contributed by atoms with Gasteiger partial charge >= 0.3 is 0 Å². The van der Waals surface area contributed by atoms with Crippen molar-refractivity contribution in [3.8, 4) is 6.07 Å². The lowest BCUT2D eigenvalue weighted by atomic mass is 10.0. The van der Waals surface area contributed by atoms with E-state index in [4.69, 9.17) is 5.26 Å². The van der Waals surface area contributed by atoms with E-state index in [0.29, 0.717) is 31.7 Å². The van der Waals surface area contributed by atoms with E-state index in [-0.39, 0.29) is 11.9 Å². The van der Waals surface area contributed by atoms with Gasteiger partial charge in [0.05, 0.1) is 11.6 Å². The van der Waals surface area contributed by atoms with Gasteiger partial charge in [-0.2, -0.15) is 5.26 Å². The molecule has 2 heterocycles. The van der Waals surface area contributed by atoms with Gasteiger partial charge in [-0.05, 0) is 31.8 Å². The Labute approximate surface area is 154 Å². The molecule has 0 bridgehead atoms. The second kappa shape index (κ2) is 7.98. The Morgan fingerprint density at radius 2 is 1.85 bits per heavy atom. The number of benzene rings is 1. The fourth-order valence-electron chi connectivity index (χ4n) is 3.29. The summed E-state index contributed by atoms with van der Waals surface area (Å²) in [6, 6.07) is 15.2. The first-order valence-corrected chi connectivity index (χ1v) is 8.71. The van der Waals surface area contributed by atoms with Crippen molar-refractivity contribution in [1.29, 1.82) is 5.26 Å². The Hall–Kier alpha value is -2.91. The number of anilines is 1. The summed E-state index contributed by atoms with van der Waals surface area (Å²) in [6.45, 7) is 2.72. The lowest BCUT2D eigenvalue weighted by molar-refractivity contribution is -0.136. The summed E-state index contributed by atoms with van der Waals surface area (Å²) in [6.07, 6.45) is 1.66. The number of amides is 1. The maximum atomic E-state index is 13.1. The zero-order valence-corrected chi connectivity index (χ0v) is 15.2. The molecule has 6 heteroatoms. The number of hydrogen-bond donors (Lipinski definition) is 0. The van der Waals surface area contributed by atoms with Gasteiger partial charge < -0.3 is 9.80 Å². The van der Waals surface area contributed by atoms with Gasteiger partial charge in [-0.25, -0.2) is 4.98 Å². The molecule has 6 nitrogen and oxygen atoms in total. The molecule has 0 aliphatic carbocycles. The molecule has 1 aliphatic rings. The maximum Gasteiger partial charge on any atom is 0.244 e. The van der Waals surface area contributed by atoms with Crippen LogP contribution in [0, 0.1) is 11.3 Å². The molecule has 0 unspecified atom stereocenters. The Morgan fingerprint density at radius 3 is 2.46 bits per heavy atom. The van der Waals surface area contributed by atoms with Crippen molar-refractivity contribution in [1.82, 2.24) is 14.8 Å². The van der Waals surface area contributed by atoms with Crippen LogP contribution in [-0.2, 0) is 4.79 Å². The molecule has 1 fully saturated rings. The number of pyridine rings is 1. The average Bonchev–Trinajstić information content (AvgIpc) is 2.69. The molecule has 1 amide bonds. The lowest BCUT2D eigenvalue weighted by Crippen LogP contribution is -2.51. The first-order chi connectivity index (χ1) is 12.6. The summed E-state index contributed by atoms with van der Waals surface area (Å²) in [7, 11) is 3.87. The Bertz CT molecular complexity index is 791. The molecule has 2 aromatic rings.